The molecule has 0 fully saturated rings. The number of nitrogens with zero attached hydrogens (tertiary/aromatic N) is 3. The number of hydrogen-bond donors (Lipinski definition) is 0. The lowest BCUT2D eigenvalue weighted by Crippen LogP contribution is -2.29. The molecular formula is C58H35N3O2S. The van der Waals surface area contributed by atoms with Crippen LogP contribution in [-0.4, -0.2) is 23.4 Å². The molecule has 1 unspecified atom stereocenters. The van der Waals surface area contributed by atoms with Gasteiger partial charge in [-0.2, -0.15) is 0 Å². The van der Waals surface area contributed by atoms with E-state index in [1.165, 1.54) is 0 Å². The summed E-state index contributed by atoms with van der Waals surface area (Å²) in [5.74, 6) is 0.627. The molecule has 13 rings (SSSR count). The number of fused-ring (bicyclic) bond motifs is 15. The fraction of sp³-hybridized carbons (Fsp3) is 0.0172. The van der Waals surface area contributed by atoms with E-state index in [0.717, 1.165) is 106 Å². The SMILES string of the molecule is O=S1(=O)c2ccccc2-c2cc3c(cc21)C1(c2ccccc2-c2ccccc2-c2ccc(-c4cc(-c5ccc(-c6cccnc6)cc5)nc(-c5ccccc5)n4)cc21)c1ccccc1-3. The Bertz CT molecular complexity index is 3680. The van der Waals surface area contributed by atoms with E-state index in [0.29, 0.717) is 15.6 Å². The molecule has 0 N–H and O–H groups in total. The van der Waals surface area contributed by atoms with Gasteiger partial charge in [-0.3, -0.25) is 4.98 Å². The van der Waals surface area contributed by atoms with Crippen molar-refractivity contribution in [2.24, 2.45) is 0 Å². The zero-order chi connectivity index (χ0) is 42.6. The molecule has 1 atom stereocenters. The van der Waals surface area contributed by atoms with Crippen LogP contribution in [0.1, 0.15) is 22.3 Å². The third kappa shape index (κ3) is 5.17. The topological polar surface area (TPSA) is 72.8 Å². The molecule has 0 bridgehead atoms. The third-order valence-corrected chi connectivity index (χ3v) is 15.2. The minimum atomic E-state index is -3.80. The van der Waals surface area contributed by atoms with Crippen LogP contribution in [0.2, 0.25) is 0 Å². The van der Waals surface area contributed by atoms with Gasteiger partial charge in [-0.1, -0.05) is 164 Å². The van der Waals surface area contributed by atoms with Crippen LogP contribution in [0.15, 0.2) is 222 Å². The van der Waals surface area contributed by atoms with Crippen molar-refractivity contribution in [3.8, 4) is 89.5 Å². The fourth-order valence-corrected chi connectivity index (χ4v) is 12.3. The maximum atomic E-state index is 14.6. The van der Waals surface area contributed by atoms with Crippen molar-refractivity contribution in [1.82, 2.24) is 15.0 Å². The van der Waals surface area contributed by atoms with Crippen molar-refractivity contribution in [3.05, 3.63) is 235 Å². The van der Waals surface area contributed by atoms with Gasteiger partial charge in [0.15, 0.2) is 5.82 Å². The zero-order valence-corrected chi connectivity index (χ0v) is 35.1. The first-order valence-corrected chi connectivity index (χ1v) is 22.9. The predicted octanol–water partition coefficient (Wildman–Crippen LogP) is 13.4. The van der Waals surface area contributed by atoms with E-state index in [9.17, 15) is 8.42 Å². The summed E-state index contributed by atoms with van der Waals surface area (Å²) in [6.07, 6.45) is 3.66. The second-order valence-electron chi connectivity index (χ2n) is 16.7. The van der Waals surface area contributed by atoms with Crippen LogP contribution in [-0.2, 0) is 15.3 Å². The molecule has 0 radical (unpaired) electrons. The zero-order valence-electron chi connectivity index (χ0n) is 34.3. The molecule has 1 aliphatic heterocycles. The lowest BCUT2D eigenvalue weighted by atomic mass is 9.65. The second-order valence-corrected chi connectivity index (χ2v) is 18.6. The van der Waals surface area contributed by atoms with Crippen LogP contribution in [0.5, 0.6) is 0 Å². The van der Waals surface area contributed by atoms with Gasteiger partial charge in [-0.05, 0) is 103 Å². The Balaban J connectivity index is 1.10. The van der Waals surface area contributed by atoms with E-state index in [4.69, 9.17) is 9.97 Å². The van der Waals surface area contributed by atoms with Gasteiger partial charge >= 0.3 is 0 Å². The highest BCUT2D eigenvalue weighted by molar-refractivity contribution is 7.92. The number of pyridine rings is 1. The fourth-order valence-electron chi connectivity index (χ4n) is 10.6. The molecule has 0 amide bonds. The van der Waals surface area contributed by atoms with E-state index in [2.05, 4.69) is 138 Å². The molecule has 6 heteroatoms. The normalized spacial score (nSPS) is 15.5. The molecule has 0 saturated heterocycles. The van der Waals surface area contributed by atoms with Gasteiger partial charge in [0, 0.05) is 40.2 Å². The number of hydrogen-bond acceptors (Lipinski definition) is 5. The first kappa shape index (κ1) is 36.6. The highest BCUT2D eigenvalue weighted by Crippen LogP contribution is 2.63. The van der Waals surface area contributed by atoms with Gasteiger partial charge in [-0.15, -0.1) is 0 Å². The Labute approximate surface area is 371 Å². The predicted molar refractivity (Wildman–Crippen MR) is 254 cm³/mol. The summed E-state index contributed by atoms with van der Waals surface area (Å²) >= 11 is 0. The summed E-state index contributed by atoms with van der Waals surface area (Å²) in [6, 6.07) is 68.8. The van der Waals surface area contributed by atoms with Crippen LogP contribution in [0, 0.1) is 0 Å². The van der Waals surface area contributed by atoms with Gasteiger partial charge in [-0.25, -0.2) is 18.4 Å². The maximum absolute atomic E-state index is 14.6. The summed E-state index contributed by atoms with van der Waals surface area (Å²) in [6.45, 7) is 0. The van der Waals surface area contributed by atoms with Gasteiger partial charge in [0.05, 0.1) is 26.6 Å². The molecule has 300 valence electrons. The molecular weight excluding hydrogens is 803 g/mol. The van der Waals surface area contributed by atoms with E-state index < -0.39 is 15.3 Å². The van der Waals surface area contributed by atoms with Crippen LogP contribution in [0.3, 0.4) is 0 Å². The van der Waals surface area contributed by atoms with Crippen molar-refractivity contribution >= 4 is 9.84 Å². The molecule has 0 saturated carbocycles. The lowest BCUT2D eigenvalue weighted by molar-refractivity contribution is 0.598. The molecule has 2 aliphatic carbocycles. The van der Waals surface area contributed by atoms with Crippen molar-refractivity contribution in [3.63, 3.8) is 0 Å². The summed E-state index contributed by atoms with van der Waals surface area (Å²) in [7, 11) is -3.80. The van der Waals surface area contributed by atoms with Gasteiger partial charge < -0.3 is 0 Å². The smallest absolute Gasteiger partial charge is 0.207 e. The van der Waals surface area contributed by atoms with Crippen LogP contribution >= 0.6 is 0 Å². The highest BCUT2D eigenvalue weighted by Gasteiger charge is 2.51. The largest absolute Gasteiger partial charge is 0.264 e. The van der Waals surface area contributed by atoms with E-state index in [1.54, 1.807) is 12.3 Å². The standard InChI is InChI=1S/C58H35N3O2S/c62-64(63)55-23-11-8-20-46(55)48-32-47-44-19-7-10-22-50(44)58(52(47)33-56(48)64)49-21-9-6-18-43(49)41-16-4-5-17-42(41)45-29-28-39(31-51(45)58)54-34-53(60-57(61-54)38-13-2-1-3-14-38)37-26-24-36(25-27-37)40-15-12-30-59-35-40/h1-35H. The molecule has 2 aromatic heterocycles. The highest BCUT2D eigenvalue weighted by atomic mass is 32.2. The minimum Gasteiger partial charge on any atom is -0.264 e. The molecule has 3 heterocycles. The van der Waals surface area contributed by atoms with E-state index in [1.807, 2.05) is 66.9 Å². The molecule has 3 aliphatic rings. The van der Waals surface area contributed by atoms with Gasteiger partial charge in [0.1, 0.15) is 0 Å². The Hall–Kier alpha value is -8.06. The van der Waals surface area contributed by atoms with Gasteiger partial charge in [0.25, 0.3) is 0 Å². The summed E-state index contributed by atoms with van der Waals surface area (Å²) < 4.78 is 29.1. The maximum Gasteiger partial charge on any atom is 0.207 e. The first-order chi connectivity index (χ1) is 31.5. The van der Waals surface area contributed by atoms with E-state index >= 15 is 0 Å². The Morgan fingerprint density at radius 3 is 1.59 bits per heavy atom. The van der Waals surface area contributed by atoms with Crippen LogP contribution < -0.4 is 0 Å². The van der Waals surface area contributed by atoms with Gasteiger partial charge in [0.2, 0.25) is 9.84 Å². The minimum absolute atomic E-state index is 0.346. The van der Waals surface area contributed by atoms with Crippen molar-refractivity contribution in [2.45, 2.75) is 15.2 Å². The lowest BCUT2D eigenvalue weighted by Gasteiger charge is -2.35. The second kappa shape index (κ2) is 13.7. The molecule has 5 nitrogen and oxygen atoms in total. The summed E-state index contributed by atoms with van der Waals surface area (Å²) in [5.41, 5.74) is 17.9. The monoisotopic (exact) mass is 837 g/mol. The van der Waals surface area contributed by atoms with E-state index in [-0.39, 0.29) is 0 Å². The molecule has 1 spiro atoms. The van der Waals surface area contributed by atoms with Crippen molar-refractivity contribution in [2.75, 3.05) is 0 Å². The third-order valence-electron chi connectivity index (χ3n) is 13.4. The molecule has 10 aromatic rings. The summed E-state index contributed by atoms with van der Waals surface area (Å²) in [5, 5.41) is 0. The Morgan fingerprint density at radius 1 is 0.344 bits per heavy atom. The number of rotatable bonds is 4. The average Bonchev–Trinajstić information content (AvgIpc) is 3.73. The van der Waals surface area contributed by atoms with Crippen LogP contribution in [0.4, 0.5) is 0 Å². The van der Waals surface area contributed by atoms with Crippen molar-refractivity contribution in [1.29, 1.82) is 0 Å². The molecule has 64 heavy (non-hydrogen) atoms. The quantitative estimate of drug-likeness (QED) is 0.177. The Kier molecular flexibility index (Phi) is 7.84. The first-order valence-electron chi connectivity index (χ1n) is 21.4. The number of aromatic nitrogens is 3. The summed E-state index contributed by atoms with van der Waals surface area (Å²) in [4.78, 5) is 15.5. The average molecular weight is 838 g/mol. The Morgan fingerprint density at radius 2 is 0.891 bits per heavy atom. The van der Waals surface area contributed by atoms with Crippen LogP contribution in [0.25, 0.3) is 89.5 Å². The van der Waals surface area contributed by atoms with Crippen molar-refractivity contribution < 1.29 is 8.42 Å². The number of benzene rings is 8. The number of sulfone groups is 1. The molecule has 8 aromatic carbocycles.